The Bertz CT molecular complexity index is 1440. The van der Waals surface area contributed by atoms with Crippen LogP contribution in [0.15, 0.2) is 70.6 Å². The number of nitrogens with zero attached hydrogens (tertiary/aromatic N) is 4. The van der Waals surface area contributed by atoms with E-state index in [9.17, 15) is 13.2 Å². The molecule has 3 aromatic rings. The average Bonchev–Trinajstić information content (AvgIpc) is 3.46. The van der Waals surface area contributed by atoms with Crippen molar-refractivity contribution < 1.29 is 13.2 Å². The van der Waals surface area contributed by atoms with Crippen molar-refractivity contribution in [2.75, 3.05) is 19.6 Å². The molecule has 1 aromatic heterocycles. The van der Waals surface area contributed by atoms with E-state index in [0.29, 0.717) is 45.7 Å². The second-order valence-electron chi connectivity index (χ2n) is 8.98. The SMILES string of the molecule is CCCN1C(=O)/C(=C/c2cn(-c3ccccc3)nc2-c2cccc(S(=O)(=O)N(CCC)CCC)c2)SC1=S. The molecule has 0 unspecified atom stereocenters. The summed E-state index contributed by atoms with van der Waals surface area (Å²) in [5.74, 6) is -0.119. The smallest absolute Gasteiger partial charge is 0.266 e. The maximum atomic E-state index is 13.5. The number of thiocarbonyl (C=S) groups is 1. The van der Waals surface area contributed by atoms with Crippen molar-refractivity contribution in [1.82, 2.24) is 19.0 Å². The lowest BCUT2D eigenvalue weighted by molar-refractivity contribution is -0.122. The number of hydrogen-bond donors (Lipinski definition) is 0. The Morgan fingerprint density at radius 3 is 2.37 bits per heavy atom. The topological polar surface area (TPSA) is 75.5 Å². The van der Waals surface area contributed by atoms with Crippen LogP contribution in [0.25, 0.3) is 23.0 Å². The quantitative estimate of drug-likeness (QED) is 0.210. The first-order chi connectivity index (χ1) is 18.3. The standard InChI is InChI=1S/C28H32N4O3S3/c1-4-15-30(16-5-2)38(34,35)24-14-10-11-21(18-24)26-22(20-32(29-26)23-12-8-7-9-13-23)19-25-27(33)31(17-6-3)28(36)37-25/h7-14,18-20H,4-6,15-17H2,1-3H3/b25-19-. The minimum atomic E-state index is -3.66. The number of aromatic nitrogens is 2. The number of thioether (sulfide) groups is 1. The van der Waals surface area contributed by atoms with Gasteiger partial charge in [0, 0.05) is 37.0 Å². The van der Waals surface area contributed by atoms with Gasteiger partial charge in [-0.3, -0.25) is 9.69 Å². The number of rotatable bonds is 11. The Balaban J connectivity index is 1.81. The van der Waals surface area contributed by atoms with Crippen molar-refractivity contribution in [3.8, 4) is 16.9 Å². The van der Waals surface area contributed by atoms with Gasteiger partial charge in [-0.15, -0.1) is 0 Å². The Hall–Kier alpha value is -2.79. The number of sulfonamides is 1. The molecule has 4 rings (SSSR count). The van der Waals surface area contributed by atoms with Gasteiger partial charge in [0.1, 0.15) is 10.0 Å². The summed E-state index contributed by atoms with van der Waals surface area (Å²) in [6.45, 7) is 7.46. The molecule has 0 spiro atoms. The van der Waals surface area contributed by atoms with Crippen LogP contribution < -0.4 is 0 Å². The van der Waals surface area contributed by atoms with E-state index in [1.165, 1.54) is 16.1 Å². The fourth-order valence-electron chi connectivity index (χ4n) is 4.29. The third-order valence-electron chi connectivity index (χ3n) is 6.06. The molecule has 1 saturated heterocycles. The summed E-state index contributed by atoms with van der Waals surface area (Å²) >= 11 is 6.72. The molecule has 1 aliphatic heterocycles. The van der Waals surface area contributed by atoms with Gasteiger partial charge in [-0.05, 0) is 49.6 Å². The fourth-order valence-corrected chi connectivity index (χ4v) is 7.26. The van der Waals surface area contributed by atoms with E-state index in [2.05, 4.69) is 0 Å². The molecule has 200 valence electrons. The predicted molar refractivity (Wildman–Crippen MR) is 159 cm³/mol. The van der Waals surface area contributed by atoms with Crippen LogP contribution in [0.3, 0.4) is 0 Å². The van der Waals surface area contributed by atoms with Gasteiger partial charge < -0.3 is 0 Å². The maximum Gasteiger partial charge on any atom is 0.266 e. The zero-order chi connectivity index (χ0) is 27.3. The number of benzene rings is 2. The first-order valence-corrected chi connectivity index (χ1v) is 15.5. The molecule has 0 saturated carbocycles. The zero-order valence-corrected chi connectivity index (χ0v) is 24.3. The minimum absolute atomic E-state index is 0.119. The summed E-state index contributed by atoms with van der Waals surface area (Å²) in [5.41, 5.74) is 2.81. The monoisotopic (exact) mass is 568 g/mol. The van der Waals surface area contributed by atoms with Crippen molar-refractivity contribution in [3.63, 3.8) is 0 Å². The molecule has 2 aromatic carbocycles. The average molecular weight is 569 g/mol. The van der Waals surface area contributed by atoms with Crippen LogP contribution in [0.2, 0.25) is 0 Å². The number of para-hydroxylation sites is 1. The summed E-state index contributed by atoms with van der Waals surface area (Å²) in [7, 11) is -3.66. The van der Waals surface area contributed by atoms with Gasteiger partial charge in [0.15, 0.2) is 0 Å². The molecule has 0 radical (unpaired) electrons. The summed E-state index contributed by atoms with van der Waals surface area (Å²) in [6.07, 6.45) is 5.95. The molecule has 1 aliphatic rings. The Labute approximate surface area is 234 Å². The highest BCUT2D eigenvalue weighted by Gasteiger charge is 2.32. The normalized spacial score (nSPS) is 15.3. The summed E-state index contributed by atoms with van der Waals surface area (Å²) in [5, 5.41) is 4.83. The predicted octanol–water partition coefficient (Wildman–Crippen LogP) is 5.96. The molecule has 0 atom stereocenters. The fraction of sp³-hybridized carbons (Fsp3) is 0.321. The van der Waals surface area contributed by atoms with Crippen molar-refractivity contribution in [1.29, 1.82) is 0 Å². The second-order valence-corrected chi connectivity index (χ2v) is 12.6. The highest BCUT2D eigenvalue weighted by Crippen LogP contribution is 2.35. The largest absolute Gasteiger partial charge is 0.293 e. The third-order valence-corrected chi connectivity index (χ3v) is 9.33. The molecule has 1 amide bonds. The van der Waals surface area contributed by atoms with Gasteiger partial charge in [-0.2, -0.15) is 9.40 Å². The number of amides is 1. The van der Waals surface area contributed by atoms with Gasteiger partial charge >= 0.3 is 0 Å². The Morgan fingerprint density at radius 1 is 1.00 bits per heavy atom. The third kappa shape index (κ3) is 5.93. The first kappa shape index (κ1) is 28.2. The molecule has 0 aliphatic carbocycles. The molecule has 2 heterocycles. The van der Waals surface area contributed by atoms with E-state index in [0.717, 1.165) is 24.9 Å². The molecule has 0 N–H and O–H groups in total. The van der Waals surface area contributed by atoms with Crippen LogP contribution in [0.1, 0.15) is 45.6 Å². The number of carbonyl (C=O) groups is 1. The lowest BCUT2D eigenvalue weighted by atomic mass is 10.1. The van der Waals surface area contributed by atoms with E-state index in [1.807, 2.05) is 63.4 Å². The number of hydrogen-bond acceptors (Lipinski definition) is 6. The molecular formula is C28H32N4O3S3. The molecule has 1 fully saturated rings. The van der Waals surface area contributed by atoms with Gasteiger partial charge in [-0.1, -0.05) is 75.1 Å². The van der Waals surface area contributed by atoms with Crippen molar-refractivity contribution in [2.45, 2.75) is 44.9 Å². The van der Waals surface area contributed by atoms with E-state index in [1.54, 1.807) is 33.9 Å². The molecule has 0 bridgehead atoms. The molecular weight excluding hydrogens is 537 g/mol. The van der Waals surface area contributed by atoms with E-state index >= 15 is 0 Å². The second kappa shape index (κ2) is 12.4. The summed E-state index contributed by atoms with van der Waals surface area (Å²) in [6, 6.07) is 16.5. The highest BCUT2D eigenvalue weighted by molar-refractivity contribution is 8.26. The van der Waals surface area contributed by atoms with E-state index in [-0.39, 0.29) is 10.8 Å². The zero-order valence-electron chi connectivity index (χ0n) is 21.8. The van der Waals surface area contributed by atoms with Crippen LogP contribution >= 0.6 is 24.0 Å². The molecule has 38 heavy (non-hydrogen) atoms. The minimum Gasteiger partial charge on any atom is -0.293 e. The summed E-state index contributed by atoms with van der Waals surface area (Å²) < 4.78 is 30.8. The van der Waals surface area contributed by atoms with Crippen LogP contribution in [0.5, 0.6) is 0 Å². The van der Waals surface area contributed by atoms with E-state index in [4.69, 9.17) is 17.3 Å². The van der Waals surface area contributed by atoms with Crippen LogP contribution in [0, 0.1) is 0 Å². The van der Waals surface area contributed by atoms with Crippen molar-refractivity contribution in [2.24, 2.45) is 0 Å². The lowest BCUT2D eigenvalue weighted by Gasteiger charge is -2.21. The summed E-state index contributed by atoms with van der Waals surface area (Å²) in [4.78, 5) is 15.4. The van der Waals surface area contributed by atoms with Crippen LogP contribution in [0.4, 0.5) is 0 Å². The first-order valence-electron chi connectivity index (χ1n) is 12.8. The number of carbonyl (C=O) groups excluding carboxylic acids is 1. The van der Waals surface area contributed by atoms with Gasteiger partial charge in [0.05, 0.1) is 15.5 Å². The maximum absolute atomic E-state index is 13.5. The molecule has 10 heteroatoms. The van der Waals surface area contributed by atoms with Crippen LogP contribution in [-0.2, 0) is 14.8 Å². The Morgan fingerprint density at radius 2 is 1.71 bits per heavy atom. The highest BCUT2D eigenvalue weighted by atomic mass is 32.2. The van der Waals surface area contributed by atoms with Gasteiger partial charge in [-0.25, -0.2) is 13.1 Å². The van der Waals surface area contributed by atoms with Crippen LogP contribution in [-0.4, -0.2) is 57.3 Å². The molecule has 7 nitrogen and oxygen atoms in total. The van der Waals surface area contributed by atoms with Crippen molar-refractivity contribution >= 4 is 50.3 Å². The van der Waals surface area contributed by atoms with Gasteiger partial charge in [0.25, 0.3) is 5.91 Å². The van der Waals surface area contributed by atoms with Gasteiger partial charge in [0.2, 0.25) is 10.0 Å². The lowest BCUT2D eigenvalue weighted by Crippen LogP contribution is -2.32. The van der Waals surface area contributed by atoms with Crippen molar-refractivity contribution in [3.05, 3.63) is 71.3 Å². The Kier molecular flexibility index (Phi) is 9.19. The van der Waals surface area contributed by atoms with E-state index < -0.39 is 10.0 Å².